The molecule has 110 valence electrons. The summed E-state index contributed by atoms with van der Waals surface area (Å²) in [6, 6.07) is 14.1. The summed E-state index contributed by atoms with van der Waals surface area (Å²) in [6.45, 7) is 1.60. The molecule has 1 heterocycles. The molecule has 5 nitrogen and oxygen atoms in total. The number of hydrogen-bond acceptors (Lipinski definition) is 4. The zero-order chi connectivity index (χ0) is 15.1. The molecule has 1 aromatic carbocycles. The lowest BCUT2D eigenvalue weighted by atomic mass is 10.2. The van der Waals surface area contributed by atoms with Gasteiger partial charge in [-0.2, -0.15) is 5.10 Å². The summed E-state index contributed by atoms with van der Waals surface area (Å²) >= 11 is 4.65. The molecule has 21 heavy (non-hydrogen) atoms. The molecule has 0 radical (unpaired) electrons. The number of furan rings is 1. The van der Waals surface area contributed by atoms with Gasteiger partial charge in [0.2, 0.25) is 0 Å². The van der Waals surface area contributed by atoms with Gasteiger partial charge in [-0.1, -0.05) is 30.3 Å². The third-order valence-electron chi connectivity index (χ3n) is 2.77. The lowest BCUT2D eigenvalue weighted by molar-refractivity contribution is 0.287. The van der Waals surface area contributed by atoms with Gasteiger partial charge >= 0.3 is 0 Å². The highest BCUT2D eigenvalue weighted by atomic mass is 32.1. The number of hydrazone groups is 1. The van der Waals surface area contributed by atoms with E-state index in [4.69, 9.17) is 10.2 Å². The third-order valence-corrected chi connectivity index (χ3v) is 2.86. The predicted molar refractivity (Wildman–Crippen MR) is 87.8 cm³/mol. The zero-order valence-electron chi connectivity index (χ0n) is 11.8. The van der Waals surface area contributed by atoms with E-state index in [1.54, 1.807) is 6.21 Å². The maximum absolute atomic E-state index is 5.66. The van der Waals surface area contributed by atoms with Crippen LogP contribution in [-0.2, 0) is 13.1 Å². The van der Waals surface area contributed by atoms with Gasteiger partial charge in [0.05, 0.1) is 12.8 Å². The first kappa shape index (κ1) is 15.2. The van der Waals surface area contributed by atoms with Crippen LogP contribution in [0, 0.1) is 0 Å². The maximum atomic E-state index is 5.66. The van der Waals surface area contributed by atoms with E-state index >= 15 is 0 Å². The molecule has 0 saturated heterocycles. The Kier molecular flexibility index (Phi) is 5.48. The summed E-state index contributed by atoms with van der Waals surface area (Å²) in [5, 5.41) is 3.98. The minimum Gasteiger partial charge on any atom is -0.459 e. The van der Waals surface area contributed by atoms with E-state index in [0.717, 1.165) is 18.8 Å². The summed E-state index contributed by atoms with van der Waals surface area (Å²) in [6.07, 6.45) is 1.54. The Morgan fingerprint density at radius 3 is 2.76 bits per heavy atom. The molecule has 0 aliphatic carbocycles. The van der Waals surface area contributed by atoms with Gasteiger partial charge in [-0.25, -0.2) is 0 Å². The van der Waals surface area contributed by atoms with E-state index in [1.165, 1.54) is 5.56 Å². The van der Waals surface area contributed by atoms with Gasteiger partial charge in [-0.15, -0.1) is 0 Å². The molecule has 0 bridgehead atoms. The van der Waals surface area contributed by atoms with Crippen LogP contribution < -0.4 is 11.2 Å². The molecule has 0 saturated carbocycles. The molecule has 0 spiro atoms. The fourth-order valence-corrected chi connectivity index (χ4v) is 1.98. The van der Waals surface area contributed by atoms with Gasteiger partial charge in [-0.3, -0.25) is 10.3 Å². The minimum absolute atomic E-state index is 0.126. The second-order valence-corrected chi connectivity index (χ2v) is 5.14. The molecule has 2 aromatic rings. The Hall–Kier alpha value is -2.18. The fraction of sp³-hybridized carbons (Fsp3) is 0.200. The third kappa shape index (κ3) is 5.37. The van der Waals surface area contributed by atoms with Crippen molar-refractivity contribution in [3.05, 3.63) is 59.5 Å². The van der Waals surface area contributed by atoms with Crippen LogP contribution in [0.3, 0.4) is 0 Å². The smallest absolute Gasteiger partial charge is 0.184 e. The summed E-state index contributed by atoms with van der Waals surface area (Å²) in [4.78, 5) is 2.18. The molecule has 6 heteroatoms. The van der Waals surface area contributed by atoms with E-state index in [0.29, 0.717) is 5.76 Å². The van der Waals surface area contributed by atoms with Crippen LogP contribution in [0.2, 0.25) is 0 Å². The van der Waals surface area contributed by atoms with Crippen molar-refractivity contribution in [2.24, 2.45) is 10.8 Å². The van der Waals surface area contributed by atoms with Gasteiger partial charge < -0.3 is 10.2 Å². The van der Waals surface area contributed by atoms with E-state index in [2.05, 4.69) is 46.8 Å². The minimum atomic E-state index is 0.126. The zero-order valence-corrected chi connectivity index (χ0v) is 12.6. The highest BCUT2D eigenvalue weighted by Gasteiger charge is 2.05. The van der Waals surface area contributed by atoms with Gasteiger partial charge in [0.15, 0.2) is 5.11 Å². The Balaban J connectivity index is 1.87. The Labute approximate surface area is 129 Å². The van der Waals surface area contributed by atoms with E-state index in [-0.39, 0.29) is 5.11 Å². The molecule has 1 aromatic heterocycles. The molecule has 0 unspecified atom stereocenters. The van der Waals surface area contributed by atoms with Crippen molar-refractivity contribution in [1.29, 1.82) is 0 Å². The monoisotopic (exact) mass is 302 g/mol. The van der Waals surface area contributed by atoms with Crippen LogP contribution in [0.15, 0.2) is 52.0 Å². The normalized spacial score (nSPS) is 11.1. The SMILES string of the molecule is CN(Cc1ccccc1)Cc1ccc(/C=N/NC(N)=S)o1. The average molecular weight is 302 g/mol. The topological polar surface area (TPSA) is 66.8 Å². The Morgan fingerprint density at radius 1 is 1.29 bits per heavy atom. The molecule has 0 aliphatic heterocycles. The fourth-order valence-electron chi connectivity index (χ4n) is 1.93. The molecule has 0 aliphatic rings. The van der Waals surface area contributed by atoms with E-state index in [1.807, 2.05) is 30.3 Å². The van der Waals surface area contributed by atoms with Crippen LogP contribution in [0.25, 0.3) is 0 Å². The summed E-state index contributed by atoms with van der Waals surface area (Å²) < 4.78 is 5.66. The number of hydrogen-bond donors (Lipinski definition) is 2. The Bertz CT molecular complexity index is 609. The second kappa shape index (κ2) is 7.56. The van der Waals surface area contributed by atoms with Crippen LogP contribution >= 0.6 is 12.2 Å². The molecule has 0 fully saturated rings. The van der Waals surface area contributed by atoms with Crippen molar-refractivity contribution < 1.29 is 4.42 Å². The highest BCUT2D eigenvalue weighted by molar-refractivity contribution is 7.80. The van der Waals surface area contributed by atoms with Crippen molar-refractivity contribution >= 4 is 23.5 Å². The molecule has 0 atom stereocenters. The number of nitrogens with zero attached hydrogens (tertiary/aromatic N) is 2. The van der Waals surface area contributed by atoms with Crippen LogP contribution in [0.5, 0.6) is 0 Å². The number of nitrogens with two attached hydrogens (primary N) is 1. The standard InChI is InChI=1S/C15H18N4OS/c1-19(10-12-5-3-2-4-6-12)11-14-8-7-13(20-14)9-17-18-15(16)21/h2-9H,10-11H2,1H3,(H3,16,18,21)/b17-9+. The number of benzene rings is 1. The van der Waals surface area contributed by atoms with Crippen LogP contribution in [-0.4, -0.2) is 23.3 Å². The van der Waals surface area contributed by atoms with Crippen LogP contribution in [0.1, 0.15) is 17.1 Å². The van der Waals surface area contributed by atoms with Crippen molar-refractivity contribution in [2.45, 2.75) is 13.1 Å². The van der Waals surface area contributed by atoms with Crippen LogP contribution in [0.4, 0.5) is 0 Å². The van der Waals surface area contributed by atoms with Crippen molar-refractivity contribution in [3.63, 3.8) is 0 Å². The summed E-state index contributed by atoms with van der Waals surface area (Å²) in [5.74, 6) is 1.53. The van der Waals surface area contributed by atoms with E-state index < -0.39 is 0 Å². The summed E-state index contributed by atoms with van der Waals surface area (Å²) in [7, 11) is 2.05. The molecule has 2 rings (SSSR count). The van der Waals surface area contributed by atoms with Crippen molar-refractivity contribution in [3.8, 4) is 0 Å². The van der Waals surface area contributed by atoms with Gasteiger partial charge in [0.25, 0.3) is 0 Å². The largest absolute Gasteiger partial charge is 0.459 e. The van der Waals surface area contributed by atoms with Gasteiger partial charge in [-0.05, 0) is 37.0 Å². The van der Waals surface area contributed by atoms with Crippen molar-refractivity contribution in [1.82, 2.24) is 10.3 Å². The second-order valence-electron chi connectivity index (χ2n) is 4.70. The van der Waals surface area contributed by atoms with E-state index in [9.17, 15) is 0 Å². The lowest BCUT2D eigenvalue weighted by Crippen LogP contribution is -2.23. The molecular weight excluding hydrogens is 284 g/mol. The first-order chi connectivity index (χ1) is 10.1. The van der Waals surface area contributed by atoms with Gasteiger partial charge in [0, 0.05) is 6.54 Å². The van der Waals surface area contributed by atoms with Crippen molar-refractivity contribution in [2.75, 3.05) is 7.05 Å². The quantitative estimate of drug-likeness (QED) is 0.486. The van der Waals surface area contributed by atoms with Gasteiger partial charge in [0.1, 0.15) is 11.5 Å². The number of nitrogens with one attached hydrogen (secondary N) is 1. The average Bonchev–Trinajstić information content (AvgIpc) is 2.86. The highest BCUT2D eigenvalue weighted by Crippen LogP contribution is 2.10. The Morgan fingerprint density at radius 2 is 2.05 bits per heavy atom. The number of thiocarbonyl (C=S) groups is 1. The first-order valence-corrected chi connectivity index (χ1v) is 6.94. The molecular formula is C15H18N4OS. The maximum Gasteiger partial charge on any atom is 0.184 e. The molecule has 0 amide bonds. The lowest BCUT2D eigenvalue weighted by Gasteiger charge is -2.14. The summed E-state index contributed by atoms with van der Waals surface area (Å²) in [5.41, 5.74) is 9.03. The molecule has 3 N–H and O–H groups in total. The number of rotatable bonds is 6. The predicted octanol–water partition coefficient (Wildman–Crippen LogP) is 2.08. The first-order valence-electron chi connectivity index (χ1n) is 6.53.